The molecule has 0 fully saturated rings. The van der Waals surface area contributed by atoms with Crippen molar-refractivity contribution in [2.24, 2.45) is 4.99 Å². The van der Waals surface area contributed by atoms with Crippen molar-refractivity contribution in [2.45, 2.75) is 26.8 Å². The quantitative estimate of drug-likeness (QED) is 0.360. The van der Waals surface area contributed by atoms with E-state index < -0.39 is 18.0 Å². The summed E-state index contributed by atoms with van der Waals surface area (Å²) >= 11 is 6.09. The summed E-state index contributed by atoms with van der Waals surface area (Å²) in [5, 5.41) is 1.90. The average Bonchev–Trinajstić information content (AvgIpc) is 3.38. The Morgan fingerprint density at radius 2 is 2.09 bits per heavy atom. The van der Waals surface area contributed by atoms with Crippen molar-refractivity contribution in [1.29, 1.82) is 0 Å². The largest absolute Gasteiger partial charge is 0.463 e. The number of allylic oxidation sites excluding steroid dienone is 1. The van der Waals surface area contributed by atoms with Crippen LogP contribution in [0.4, 0.5) is 0 Å². The van der Waals surface area contributed by atoms with Gasteiger partial charge in [-0.1, -0.05) is 33.3 Å². The summed E-state index contributed by atoms with van der Waals surface area (Å²) in [6.45, 7) is 5.03. The number of hydrogen-bond donors (Lipinski definition) is 0. The summed E-state index contributed by atoms with van der Waals surface area (Å²) in [7, 11) is 0. The number of nitrogens with zero attached hydrogens (tertiary/aromatic N) is 2. The molecule has 1 aromatic carbocycles. The van der Waals surface area contributed by atoms with Gasteiger partial charge >= 0.3 is 11.9 Å². The molecule has 1 atom stereocenters. The predicted molar refractivity (Wildman–Crippen MR) is 130 cm³/mol. The number of halogens is 1. The smallest absolute Gasteiger partial charge is 0.338 e. The standard InChI is InChI=1S/C23H19BrN2O5S2/c1-4-30-22(29)19-12(2)25-23-26(20(19)17-6-5-9-32-17)21(28)18(33-23)11-14-10-15(24)7-8-16(14)31-13(3)27/h5-11,20H,4H2,1-3H3/b18-11+/t20-/m1/s1. The van der Waals surface area contributed by atoms with Crippen LogP contribution < -0.4 is 19.6 Å². The Hall–Kier alpha value is -2.82. The number of ether oxygens (including phenoxy) is 2. The number of aromatic nitrogens is 1. The van der Waals surface area contributed by atoms with Crippen molar-refractivity contribution >= 4 is 56.6 Å². The predicted octanol–water partition coefficient (Wildman–Crippen LogP) is 3.55. The van der Waals surface area contributed by atoms with E-state index in [1.54, 1.807) is 38.1 Å². The molecule has 33 heavy (non-hydrogen) atoms. The number of fused-ring (bicyclic) bond motifs is 1. The summed E-state index contributed by atoms with van der Waals surface area (Å²) in [6.07, 6.45) is 1.67. The van der Waals surface area contributed by atoms with Crippen molar-refractivity contribution in [3.05, 3.63) is 81.6 Å². The zero-order chi connectivity index (χ0) is 23.7. The lowest BCUT2D eigenvalue weighted by atomic mass is 10.0. The van der Waals surface area contributed by atoms with Gasteiger partial charge in [-0.15, -0.1) is 11.3 Å². The van der Waals surface area contributed by atoms with Crippen LogP contribution in [0.25, 0.3) is 6.08 Å². The summed E-state index contributed by atoms with van der Waals surface area (Å²) < 4.78 is 13.3. The van der Waals surface area contributed by atoms with Crippen LogP contribution in [-0.4, -0.2) is 23.1 Å². The Bertz CT molecular complexity index is 1450. The van der Waals surface area contributed by atoms with Crippen molar-refractivity contribution in [2.75, 3.05) is 6.61 Å². The molecular formula is C23H19BrN2O5S2. The summed E-state index contributed by atoms with van der Waals surface area (Å²) in [5.74, 6) is -0.605. The maximum atomic E-state index is 13.6. The first-order valence-corrected chi connectivity index (χ1v) is 12.5. The van der Waals surface area contributed by atoms with Crippen molar-refractivity contribution < 1.29 is 19.1 Å². The Balaban J connectivity index is 1.94. The molecule has 0 amide bonds. The fourth-order valence-electron chi connectivity index (χ4n) is 3.53. The fraction of sp³-hybridized carbons (Fsp3) is 0.217. The van der Waals surface area contributed by atoms with E-state index in [-0.39, 0.29) is 12.2 Å². The molecule has 1 aliphatic heterocycles. The molecule has 170 valence electrons. The summed E-state index contributed by atoms with van der Waals surface area (Å²) in [6, 6.07) is 8.31. The van der Waals surface area contributed by atoms with E-state index in [1.165, 1.54) is 34.2 Å². The molecule has 7 nitrogen and oxygen atoms in total. The zero-order valence-corrected chi connectivity index (χ0v) is 21.2. The Morgan fingerprint density at radius 1 is 1.30 bits per heavy atom. The van der Waals surface area contributed by atoms with Gasteiger partial charge in [-0.3, -0.25) is 14.2 Å². The van der Waals surface area contributed by atoms with Gasteiger partial charge in [0.25, 0.3) is 5.56 Å². The second-order valence-corrected chi connectivity index (χ2v) is 10.00. The molecule has 0 N–H and O–H groups in total. The van der Waals surface area contributed by atoms with Gasteiger partial charge in [0.15, 0.2) is 4.80 Å². The average molecular weight is 547 g/mol. The molecule has 4 rings (SSSR count). The third-order valence-corrected chi connectivity index (χ3v) is 7.24. The molecule has 0 radical (unpaired) electrons. The lowest BCUT2D eigenvalue weighted by molar-refractivity contribution is -0.139. The van der Waals surface area contributed by atoms with E-state index in [4.69, 9.17) is 9.47 Å². The van der Waals surface area contributed by atoms with Gasteiger partial charge in [-0.05, 0) is 49.6 Å². The highest BCUT2D eigenvalue weighted by Crippen LogP contribution is 2.33. The van der Waals surface area contributed by atoms with Crippen LogP contribution >= 0.6 is 38.6 Å². The molecule has 1 aliphatic rings. The minimum Gasteiger partial charge on any atom is -0.463 e. The summed E-state index contributed by atoms with van der Waals surface area (Å²) in [5.41, 5.74) is 1.14. The maximum absolute atomic E-state index is 13.6. The zero-order valence-electron chi connectivity index (χ0n) is 18.0. The van der Waals surface area contributed by atoms with E-state index in [1.807, 2.05) is 17.5 Å². The van der Waals surface area contributed by atoms with Gasteiger partial charge in [-0.25, -0.2) is 9.79 Å². The molecule has 0 spiro atoms. The van der Waals surface area contributed by atoms with Crippen molar-refractivity contribution in [3.8, 4) is 5.75 Å². The van der Waals surface area contributed by atoms with E-state index in [0.29, 0.717) is 31.9 Å². The number of thiazole rings is 1. The van der Waals surface area contributed by atoms with Crippen LogP contribution in [0.2, 0.25) is 0 Å². The monoisotopic (exact) mass is 546 g/mol. The summed E-state index contributed by atoms with van der Waals surface area (Å²) in [4.78, 5) is 43.8. The second kappa shape index (κ2) is 9.58. The number of thiophene rings is 1. The Kier molecular flexibility index (Phi) is 6.78. The third-order valence-electron chi connectivity index (χ3n) is 4.84. The first-order valence-electron chi connectivity index (χ1n) is 10.0. The number of esters is 2. The van der Waals surface area contributed by atoms with Crippen LogP contribution in [-0.2, 0) is 14.3 Å². The molecule has 2 aromatic heterocycles. The normalized spacial score (nSPS) is 15.8. The SMILES string of the molecule is CCOC(=O)C1=C(C)N=c2s/c(=C/c3cc(Br)ccc3OC(C)=O)c(=O)n2[C@@H]1c1cccs1. The minimum absolute atomic E-state index is 0.221. The molecule has 0 unspecified atom stereocenters. The van der Waals surface area contributed by atoms with Gasteiger partial charge in [0, 0.05) is 21.8 Å². The molecular weight excluding hydrogens is 528 g/mol. The lowest BCUT2D eigenvalue weighted by Crippen LogP contribution is -2.39. The molecule has 0 saturated heterocycles. The van der Waals surface area contributed by atoms with E-state index >= 15 is 0 Å². The van der Waals surface area contributed by atoms with Gasteiger partial charge in [-0.2, -0.15) is 0 Å². The van der Waals surface area contributed by atoms with Crippen molar-refractivity contribution in [3.63, 3.8) is 0 Å². The first kappa shape index (κ1) is 23.3. The number of hydrogen-bond acceptors (Lipinski definition) is 8. The molecule has 0 saturated carbocycles. The van der Waals surface area contributed by atoms with E-state index in [9.17, 15) is 14.4 Å². The Labute approximate surface area is 205 Å². The third kappa shape index (κ3) is 4.64. The van der Waals surface area contributed by atoms with Gasteiger partial charge in [0.1, 0.15) is 11.8 Å². The number of carbonyl (C=O) groups excluding carboxylic acids is 2. The fourth-order valence-corrected chi connectivity index (χ4v) is 5.77. The van der Waals surface area contributed by atoms with Crippen LogP contribution in [0, 0.1) is 0 Å². The van der Waals surface area contributed by atoms with Crippen LogP contribution in [0.1, 0.15) is 37.3 Å². The topological polar surface area (TPSA) is 87.0 Å². The van der Waals surface area contributed by atoms with Crippen molar-refractivity contribution in [1.82, 2.24) is 4.57 Å². The van der Waals surface area contributed by atoms with Crippen LogP contribution in [0.3, 0.4) is 0 Å². The maximum Gasteiger partial charge on any atom is 0.338 e. The van der Waals surface area contributed by atoms with Gasteiger partial charge < -0.3 is 9.47 Å². The second-order valence-electron chi connectivity index (χ2n) is 7.09. The highest BCUT2D eigenvalue weighted by Gasteiger charge is 2.33. The highest BCUT2D eigenvalue weighted by molar-refractivity contribution is 9.10. The molecule has 3 heterocycles. The molecule has 0 aliphatic carbocycles. The minimum atomic E-state index is -0.627. The number of carbonyl (C=O) groups is 2. The van der Waals surface area contributed by atoms with Gasteiger partial charge in [0.2, 0.25) is 0 Å². The highest BCUT2D eigenvalue weighted by atomic mass is 79.9. The van der Waals surface area contributed by atoms with Crippen LogP contribution in [0.15, 0.2) is 61.2 Å². The molecule has 10 heteroatoms. The first-order chi connectivity index (χ1) is 15.8. The van der Waals surface area contributed by atoms with E-state index in [2.05, 4.69) is 20.9 Å². The molecule has 3 aromatic rings. The number of benzene rings is 1. The van der Waals surface area contributed by atoms with E-state index in [0.717, 1.165) is 9.35 Å². The lowest BCUT2D eigenvalue weighted by Gasteiger charge is -2.23. The Morgan fingerprint density at radius 3 is 2.76 bits per heavy atom. The van der Waals surface area contributed by atoms with Gasteiger partial charge in [0.05, 0.1) is 22.4 Å². The molecule has 0 bridgehead atoms. The van der Waals surface area contributed by atoms with Crippen LogP contribution in [0.5, 0.6) is 5.75 Å². The number of rotatable bonds is 5.